The summed E-state index contributed by atoms with van der Waals surface area (Å²) >= 11 is 13.1. The van der Waals surface area contributed by atoms with Crippen LogP contribution in [-0.2, 0) is 17.8 Å². The fourth-order valence-electron chi connectivity index (χ4n) is 4.62. The maximum absolute atomic E-state index is 11.2. The van der Waals surface area contributed by atoms with E-state index in [1.165, 1.54) is 0 Å². The third-order valence-electron chi connectivity index (χ3n) is 6.62. The Hall–Kier alpha value is -2.57. The Morgan fingerprint density at radius 1 is 0.944 bits per heavy atom. The van der Waals surface area contributed by atoms with E-state index in [2.05, 4.69) is 0 Å². The minimum absolute atomic E-state index is 0.00239. The van der Waals surface area contributed by atoms with Crippen LogP contribution >= 0.6 is 23.2 Å². The Kier molecular flexibility index (Phi) is 9.27. The lowest BCUT2D eigenvalue weighted by Gasteiger charge is -2.22. The molecule has 0 spiro atoms. The molecule has 3 aromatic rings. The summed E-state index contributed by atoms with van der Waals surface area (Å²) < 4.78 is 12.0. The summed E-state index contributed by atoms with van der Waals surface area (Å²) in [6.07, 6.45) is 0.616. The summed E-state index contributed by atoms with van der Waals surface area (Å²) in [5.74, 6) is -0.176. The molecule has 0 aliphatic heterocycles. The van der Waals surface area contributed by atoms with Crippen LogP contribution in [-0.4, -0.2) is 40.2 Å². The number of alkyl halides is 2. The molecule has 0 saturated heterocycles. The molecule has 0 bridgehead atoms. The molecule has 4 unspecified atom stereocenters. The number of carbonyl (C=O) groups is 1. The zero-order valence-electron chi connectivity index (χ0n) is 19.8. The van der Waals surface area contributed by atoms with Crippen molar-refractivity contribution in [2.24, 2.45) is 11.8 Å². The predicted molar refractivity (Wildman–Crippen MR) is 141 cm³/mol. The highest BCUT2D eigenvalue weighted by molar-refractivity contribution is 6.30. The quantitative estimate of drug-likeness (QED) is 0.293. The molecular formula is C29H30Cl2O5. The van der Waals surface area contributed by atoms with E-state index in [4.69, 9.17) is 37.8 Å². The third kappa shape index (κ3) is 7.01. The van der Waals surface area contributed by atoms with Crippen molar-refractivity contribution in [2.75, 3.05) is 13.2 Å². The molecule has 1 aliphatic rings. The maximum atomic E-state index is 11.2. The number of rotatable bonds is 11. The first-order chi connectivity index (χ1) is 17.4. The van der Waals surface area contributed by atoms with Gasteiger partial charge in [-0.3, -0.25) is 0 Å². The van der Waals surface area contributed by atoms with Crippen molar-refractivity contribution >= 4 is 29.2 Å². The van der Waals surface area contributed by atoms with Crippen LogP contribution in [0.25, 0.3) is 0 Å². The number of halogens is 2. The van der Waals surface area contributed by atoms with Crippen LogP contribution in [0.1, 0.15) is 39.6 Å². The first-order valence-corrected chi connectivity index (χ1v) is 12.9. The van der Waals surface area contributed by atoms with E-state index in [1.807, 2.05) is 60.7 Å². The van der Waals surface area contributed by atoms with E-state index in [1.54, 1.807) is 18.2 Å². The number of benzene rings is 3. The van der Waals surface area contributed by atoms with Crippen LogP contribution in [0.3, 0.4) is 0 Å². The minimum atomic E-state index is -0.962. The van der Waals surface area contributed by atoms with Gasteiger partial charge in [-0.1, -0.05) is 54.6 Å². The molecule has 190 valence electrons. The highest BCUT2D eigenvalue weighted by Crippen LogP contribution is 2.40. The molecule has 2 N–H and O–H groups in total. The van der Waals surface area contributed by atoms with E-state index in [0.717, 1.165) is 23.1 Å². The fraction of sp³-hybridized carbons (Fsp3) is 0.345. The second-order valence-corrected chi connectivity index (χ2v) is 10.3. The molecule has 4 rings (SSSR count). The average molecular weight is 529 g/mol. The van der Waals surface area contributed by atoms with E-state index in [0.29, 0.717) is 32.0 Å². The largest absolute Gasteiger partial charge is 0.493 e. The molecule has 3 aromatic carbocycles. The van der Waals surface area contributed by atoms with Gasteiger partial charge in [-0.25, -0.2) is 4.79 Å². The van der Waals surface area contributed by atoms with Gasteiger partial charge >= 0.3 is 5.97 Å². The van der Waals surface area contributed by atoms with Crippen LogP contribution in [0.2, 0.25) is 0 Å². The normalized spacial score (nSPS) is 22.3. The van der Waals surface area contributed by atoms with E-state index in [9.17, 15) is 9.90 Å². The number of aliphatic hydroxyl groups is 1. The van der Waals surface area contributed by atoms with Crippen LogP contribution in [0.5, 0.6) is 5.75 Å². The van der Waals surface area contributed by atoms with Crippen molar-refractivity contribution in [3.05, 3.63) is 101 Å². The van der Waals surface area contributed by atoms with Crippen molar-refractivity contribution < 1.29 is 24.5 Å². The molecule has 0 heterocycles. The van der Waals surface area contributed by atoms with E-state index < -0.39 is 12.1 Å². The molecule has 36 heavy (non-hydrogen) atoms. The van der Waals surface area contributed by atoms with Gasteiger partial charge in [-0.2, -0.15) is 0 Å². The summed E-state index contributed by atoms with van der Waals surface area (Å²) in [6, 6.07) is 24.1. The number of aliphatic hydroxyl groups excluding tert-OH is 1. The third-order valence-corrected chi connectivity index (χ3v) is 7.83. The average Bonchev–Trinajstić information content (AvgIpc) is 3.16. The van der Waals surface area contributed by atoms with E-state index in [-0.39, 0.29) is 28.2 Å². The number of ether oxygens (including phenoxy) is 2. The molecule has 5 nitrogen and oxygen atoms in total. The summed E-state index contributed by atoms with van der Waals surface area (Å²) in [5.41, 5.74) is 2.90. The smallest absolute Gasteiger partial charge is 0.335 e. The molecule has 1 aliphatic carbocycles. The van der Waals surface area contributed by atoms with Gasteiger partial charge < -0.3 is 19.7 Å². The highest BCUT2D eigenvalue weighted by Gasteiger charge is 2.42. The first kappa shape index (κ1) is 26.5. The first-order valence-electron chi connectivity index (χ1n) is 12.0. The lowest BCUT2D eigenvalue weighted by Crippen LogP contribution is -2.27. The number of carboxylic acid groups (broad SMARTS) is 1. The Morgan fingerprint density at radius 2 is 1.69 bits per heavy atom. The van der Waals surface area contributed by atoms with Gasteiger partial charge in [0.25, 0.3) is 0 Å². The Bertz CT molecular complexity index is 1140. The van der Waals surface area contributed by atoms with Gasteiger partial charge in [-0.05, 0) is 53.3 Å². The van der Waals surface area contributed by atoms with Crippen LogP contribution < -0.4 is 4.74 Å². The Balaban J connectivity index is 1.33. The lowest BCUT2D eigenvalue weighted by molar-refractivity contribution is 0.0639. The standard InChI is InChI=1S/C29H30Cl2O5/c30-26-15-23(17-35-16-20-8-4-10-22(12-20)29(33)34)25(28(26)31)18-36-24-11-5-9-21(14-24)27(32)13-19-6-2-1-3-7-19/h1-12,14,23,25-28,32H,13,15-18H2,(H,33,34)/t23-,25?,26?,27?,28?/m1/s1. The monoisotopic (exact) mass is 528 g/mol. The van der Waals surface area contributed by atoms with Gasteiger partial charge in [-0.15, -0.1) is 23.2 Å². The number of aromatic carboxylic acids is 1. The second kappa shape index (κ2) is 12.6. The summed E-state index contributed by atoms with van der Waals surface area (Å²) in [6.45, 7) is 1.15. The van der Waals surface area contributed by atoms with Crippen molar-refractivity contribution in [3.8, 4) is 5.75 Å². The van der Waals surface area contributed by atoms with Crippen molar-refractivity contribution in [2.45, 2.75) is 36.3 Å². The zero-order valence-corrected chi connectivity index (χ0v) is 21.3. The summed E-state index contributed by atoms with van der Waals surface area (Å²) in [4.78, 5) is 11.2. The number of carboxylic acids is 1. The molecule has 0 radical (unpaired) electrons. The molecule has 0 amide bonds. The maximum Gasteiger partial charge on any atom is 0.335 e. The van der Waals surface area contributed by atoms with Crippen LogP contribution in [0.4, 0.5) is 0 Å². The van der Waals surface area contributed by atoms with Gasteiger partial charge in [0, 0.05) is 12.3 Å². The topological polar surface area (TPSA) is 76.0 Å². The molecule has 7 heteroatoms. The predicted octanol–water partition coefficient (Wildman–Crippen LogP) is 6.11. The molecule has 1 fully saturated rings. The lowest BCUT2D eigenvalue weighted by atomic mass is 9.97. The fourth-order valence-corrected chi connectivity index (χ4v) is 5.42. The molecule has 1 saturated carbocycles. The van der Waals surface area contributed by atoms with E-state index >= 15 is 0 Å². The van der Waals surface area contributed by atoms with Crippen molar-refractivity contribution in [3.63, 3.8) is 0 Å². The minimum Gasteiger partial charge on any atom is -0.493 e. The van der Waals surface area contributed by atoms with Gasteiger partial charge in [0.05, 0.1) is 42.2 Å². The second-order valence-electron chi connectivity index (χ2n) is 9.23. The van der Waals surface area contributed by atoms with Crippen molar-refractivity contribution in [1.29, 1.82) is 0 Å². The summed E-state index contributed by atoms with van der Waals surface area (Å²) in [7, 11) is 0. The van der Waals surface area contributed by atoms with Gasteiger partial charge in [0.2, 0.25) is 0 Å². The molecular weight excluding hydrogens is 499 g/mol. The SMILES string of the molecule is O=C(O)c1cccc(COC[C@H]2CC(Cl)C(Cl)C2COc2cccc(C(O)Cc3ccccc3)c2)c1. The highest BCUT2D eigenvalue weighted by atomic mass is 35.5. The van der Waals surface area contributed by atoms with Crippen LogP contribution in [0, 0.1) is 11.8 Å². The summed E-state index contributed by atoms with van der Waals surface area (Å²) in [5, 5.41) is 19.4. The van der Waals surface area contributed by atoms with Crippen molar-refractivity contribution in [1.82, 2.24) is 0 Å². The number of hydrogen-bond acceptors (Lipinski definition) is 4. The van der Waals surface area contributed by atoms with Gasteiger partial charge in [0.1, 0.15) is 5.75 Å². The Morgan fingerprint density at radius 3 is 2.47 bits per heavy atom. The molecule has 0 aromatic heterocycles. The number of hydrogen-bond donors (Lipinski definition) is 2. The van der Waals surface area contributed by atoms with Crippen LogP contribution in [0.15, 0.2) is 78.9 Å². The Labute approximate surface area is 221 Å². The molecule has 5 atom stereocenters. The zero-order chi connectivity index (χ0) is 25.5. The van der Waals surface area contributed by atoms with Gasteiger partial charge in [0.15, 0.2) is 0 Å².